The Balaban J connectivity index is 1.63. The number of anilines is 1. The molecule has 1 amide bonds. The monoisotopic (exact) mass is 422 g/mol. The van der Waals surface area contributed by atoms with Gasteiger partial charge in [-0.1, -0.05) is 23.9 Å². The summed E-state index contributed by atoms with van der Waals surface area (Å²) in [5.41, 5.74) is 3.35. The van der Waals surface area contributed by atoms with Crippen molar-refractivity contribution in [1.82, 2.24) is 14.8 Å². The van der Waals surface area contributed by atoms with Crippen LogP contribution in [0.2, 0.25) is 0 Å². The zero-order chi connectivity index (χ0) is 21.0. The zero-order valence-corrected chi connectivity index (χ0v) is 16.3. The summed E-state index contributed by atoms with van der Waals surface area (Å²) in [4.78, 5) is 12.2. The van der Waals surface area contributed by atoms with Crippen molar-refractivity contribution in [3.8, 4) is 11.4 Å². The number of carbonyl (C=O) groups is 1. The molecule has 0 aliphatic rings. The number of amides is 1. The Morgan fingerprint density at radius 1 is 1.17 bits per heavy atom. The second-order valence-corrected chi connectivity index (χ2v) is 7.11. The minimum Gasteiger partial charge on any atom is -0.406 e. The van der Waals surface area contributed by atoms with Gasteiger partial charge in [-0.2, -0.15) is 0 Å². The quantitative estimate of drug-likeness (QED) is 0.592. The number of benzene rings is 2. The lowest BCUT2D eigenvalue weighted by Gasteiger charge is -2.11. The van der Waals surface area contributed by atoms with E-state index in [9.17, 15) is 18.0 Å². The largest absolute Gasteiger partial charge is 0.573 e. The molecule has 10 heteroatoms. The maximum Gasteiger partial charge on any atom is 0.573 e. The first-order valence-electron chi connectivity index (χ1n) is 8.47. The van der Waals surface area contributed by atoms with Gasteiger partial charge in [0, 0.05) is 17.4 Å². The van der Waals surface area contributed by atoms with Gasteiger partial charge in [0.1, 0.15) is 12.1 Å². The van der Waals surface area contributed by atoms with E-state index in [0.717, 1.165) is 28.9 Å². The standard InChI is InChI=1S/C19H17F3N4O2S/c1-12-6-7-15(8-13(12)2)26-11-23-25-18(26)29-10-17(27)24-14-4-3-5-16(9-14)28-19(20,21)22/h3-9,11H,10H2,1-2H3,(H,24,27). The van der Waals surface area contributed by atoms with E-state index in [4.69, 9.17) is 0 Å². The fourth-order valence-corrected chi connectivity index (χ4v) is 3.20. The molecule has 3 aromatic rings. The molecular weight excluding hydrogens is 405 g/mol. The molecule has 29 heavy (non-hydrogen) atoms. The van der Waals surface area contributed by atoms with E-state index in [-0.39, 0.29) is 11.4 Å². The number of hydrogen-bond acceptors (Lipinski definition) is 5. The Morgan fingerprint density at radius 3 is 2.69 bits per heavy atom. The van der Waals surface area contributed by atoms with Crippen molar-refractivity contribution in [3.05, 3.63) is 59.9 Å². The van der Waals surface area contributed by atoms with Crippen molar-refractivity contribution in [2.45, 2.75) is 25.4 Å². The van der Waals surface area contributed by atoms with Gasteiger partial charge in [0.15, 0.2) is 5.16 Å². The van der Waals surface area contributed by atoms with Gasteiger partial charge in [-0.15, -0.1) is 23.4 Å². The first-order chi connectivity index (χ1) is 13.7. The van der Waals surface area contributed by atoms with Crippen LogP contribution in [0.3, 0.4) is 0 Å². The number of hydrogen-bond donors (Lipinski definition) is 1. The molecule has 6 nitrogen and oxygen atoms in total. The van der Waals surface area contributed by atoms with Crippen LogP contribution in [0, 0.1) is 13.8 Å². The van der Waals surface area contributed by atoms with Gasteiger partial charge in [-0.3, -0.25) is 9.36 Å². The van der Waals surface area contributed by atoms with Crippen molar-refractivity contribution in [3.63, 3.8) is 0 Å². The van der Waals surface area contributed by atoms with Crippen LogP contribution in [0.25, 0.3) is 5.69 Å². The molecule has 1 N–H and O–H groups in total. The molecule has 0 radical (unpaired) electrons. The number of nitrogens with one attached hydrogen (secondary N) is 1. The highest BCUT2D eigenvalue weighted by Gasteiger charge is 2.31. The number of aromatic nitrogens is 3. The van der Waals surface area contributed by atoms with Crippen LogP contribution in [-0.2, 0) is 4.79 Å². The van der Waals surface area contributed by atoms with Crippen LogP contribution in [0.15, 0.2) is 53.9 Å². The number of nitrogens with zero attached hydrogens (tertiary/aromatic N) is 3. The second-order valence-electron chi connectivity index (χ2n) is 6.16. The molecule has 0 spiro atoms. The van der Waals surface area contributed by atoms with Gasteiger partial charge in [0.05, 0.1) is 5.75 Å². The maximum atomic E-state index is 12.3. The Hall–Kier alpha value is -3.01. The molecule has 0 fully saturated rings. The lowest BCUT2D eigenvalue weighted by molar-refractivity contribution is -0.274. The van der Waals surface area contributed by atoms with E-state index in [1.54, 1.807) is 10.9 Å². The number of halogens is 3. The highest BCUT2D eigenvalue weighted by Crippen LogP contribution is 2.26. The molecule has 2 aromatic carbocycles. The number of ether oxygens (including phenoxy) is 1. The van der Waals surface area contributed by atoms with Crippen molar-refractivity contribution in [2.75, 3.05) is 11.1 Å². The molecule has 0 unspecified atom stereocenters. The molecular formula is C19H17F3N4O2S. The predicted molar refractivity (Wildman–Crippen MR) is 103 cm³/mol. The second kappa shape index (κ2) is 8.56. The van der Waals surface area contributed by atoms with E-state index in [1.165, 1.54) is 23.9 Å². The summed E-state index contributed by atoms with van der Waals surface area (Å²) < 4.78 is 42.5. The summed E-state index contributed by atoms with van der Waals surface area (Å²) >= 11 is 1.17. The predicted octanol–water partition coefficient (Wildman–Crippen LogP) is 4.51. The molecule has 1 aromatic heterocycles. The highest BCUT2D eigenvalue weighted by atomic mass is 32.2. The third-order valence-corrected chi connectivity index (χ3v) is 4.91. The van der Waals surface area contributed by atoms with Crippen molar-refractivity contribution in [1.29, 1.82) is 0 Å². The number of alkyl halides is 3. The summed E-state index contributed by atoms with van der Waals surface area (Å²) in [6.07, 6.45) is -3.24. The van der Waals surface area contributed by atoms with E-state index >= 15 is 0 Å². The van der Waals surface area contributed by atoms with Crippen LogP contribution < -0.4 is 10.1 Å². The molecule has 1 heterocycles. The SMILES string of the molecule is Cc1ccc(-n2cnnc2SCC(=O)Nc2cccc(OC(F)(F)F)c2)cc1C. The summed E-state index contributed by atoms with van der Waals surface area (Å²) in [6, 6.07) is 11.0. The molecule has 152 valence electrons. The van der Waals surface area contributed by atoms with Crippen LogP contribution in [0.5, 0.6) is 5.75 Å². The van der Waals surface area contributed by atoms with Crippen molar-refractivity contribution < 1.29 is 22.7 Å². The van der Waals surface area contributed by atoms with E-state index in [1.807, 2.05) is 32.0 Å². The van der Waals surface area contributed by atoms with Gasteiger partial charge < -0.3 is 10.1 Å². The van der Waals surface area contributed by atoms with Crippen LogP contribution in [0.4, 0.5) is 18.9 Å². The summed E-state index contributed by atoms with van der Waals surface area (Å²) in [5.74, 6) is -0.792. The number of thioether (sulfide) groups is 1. The lowest BCUT2D eigenvalue weighted by Crippen LogP contribution is -2.18. The Morgan fingerprint density at radius 2 is 1.97 bits per heavy atom. The normalized spacial score (nSPS) is 11.3. The smallest absolute Gasteiger partial charge is 0.406 e. The third kappa shape index (κ3) is 5.74. The van der Waals surface area contributed by atoms with Crippen molar-refractivity contribution in [2.24, 2.45) is 0 Å². The minimum absolute atomic E-state index is 0.00783. The van der Waals surface area contributed by atoms with Gasteiger partial charge in [0.2, 0.25) is 5.91 Å². The van der Waals surface area contributed by atoms with Gasteiger partial charge in [-0.05, 0) is 49.2 Å². The molecule has 0 atom stereocenters. The Bertz CT molecular complexity index is 1020. The van der Waals surface area contributed by atoms with E-state index < -0.39 is 18.0 Å². The molecule has 0 aliphatic heterocycles. The Labute approximate surface area is 169 Å². The van der Waals surface area contributed by atoms with Gasteiger partial charge in [-0.25, -0.2) is 0 Å². The Kier molecular flexibility index (Phi) is 6.12. The topological polar surface area (TPSA) is 69.0 Å². The summed E-state index contributed by atoms with van der Waals surface area (Å²) in [6.45, 7) is 4.01. The first kappa shape index (κ1) is 20.7. The molecule has 0 saturated heterocycles. The molecule has 0 bridgehead atoms. The average Bonchev–Trinajstić information content (AvgIpc) is 3.10. The molecule has 0 aliphatic carbocycles. The maximum absolute atomic E-state index is 12.3. The van der Waals surface area contributed by atoms with E-state index in [2.05, 4.69) is 20.3 Å². The van der Waals surface area contributed by atoms with E-state index in [0.29, 0.717) is 5.16 Å². The molecule has 0 saturated carbocycles. The molecule has 3 rings (SSSR count). The summed E-state index contributed by atoms with van der Waals surface area (Å²) in [5, 5.41) is 11.0. The average molecular weight is 422 g/mol. The third-order valence-electron chi connectivity index (χ3n) is 3.97. The number of aryl methyl sites for hydroxylation is 2. The van der Waals surface area contributed by atoms with Gasteiger partial charge >= 0.3 is 6.36 Å². The minimum atomic E-state index is -4.79. The zero-order valence-electron chi connectivity index (χ0n) is 15.5. The number of carbonyl (C=O) groups excluding carboxylic acids is 1. The van der Waals surface area contributed by atoms with Gasteiger partial charge in [0.25, 0.3) is 0 Å². The fraction of sp³-hybridized carbons (Fsp3) is 0.211. The first-order valence-corrected chi connectivity index (χ1v) is 9.46. The highest BCUT2D eigenvalue weighted by molar-refractivity contribution is 7.99. The summed E-state index contributed by atoms with van der Waals surface area (Å²) in [7, 11) is 0. The lowest BCUT2D eigenvalue weighted by atomic mass is 10.1. The van der Waals surface area contributed by atoms with Crippen molar-refractivity contribution >= 4 is 23.4 Å². The van der Waals surface area contributed by atoms with Crippen LogP contribution >= 0.6 is 11.8 Å². The number of rotatable bonds is 6. The van der Waals surface area contributed by atoms with Crippen LogP contribution in [-0.4, -0.2) is 32.8 Å². The fourth-order valence-electron chi connectivity index (χ4n) is 2.47. The van der Waals surface area contributed by atoms with Crippen LogP contribution in [0.1, 0.15) is 11.1 Å².